The Labute approximate surface area is 285 Å². The molecule has 3 aromatic carbocycles. The normalized spacial score (nSPS) is 17.7. The monoisotopic (exact) mass is 671 g/mol. The number of aromatic nitrogens is 4. The van der Waals surface area contributed by atoms with Crippen molar-refractivity contribution < 1.29 is 9.53 Å². The molecule has 2 aliphatic rings. The van der Waals surface area contributed by atoms with Crippen LogP contribution in [0.3, 0.4) is 0 Å². The topological polar surface area (TPSA) is 88.4 Å². The average molecular weight is 673 g/mol. The number of benzene rings is 3. The van der Waals surface area contributed by atoms with Gasteiger partial charge in [0.25, 0.3) is 0 Å². The van der Waals surface area contributed by atoms with Crippen LogP contribution in [0.5, 0.6) is 0 Å². The van der Waals surface area contributed by atoms with Crippen LogP contribution in [0.1, 0.15) is 54.7 Å². The lowest BCUT2D eigenvalue weighted by atomic mass is 9.80. The van der Waals surface area contributed by atoms with Gasteiger partial charge in [0.15, 0.2) is 0 Å². The summed E-state index contributed by atoms with van der Waals surface area (Å²) in [5, 5.41) is 16.8. The van der Waals surface area contributed by atoms with Crippen LogP contribution in [0.4, 0.5) is 0 Å². The zero-order valence-electron chi connectivity index (χ0n) is 26.9. The zero-order chi connectivity index (χ0) is 32.9. The van der Waals surface area contributed by atoms with Gasteiger partial charge in [-0.25, -0.2) is 4.79 Å². The molecule has 6 rings (SSSR count). The molecule has 9 nitrogen and oxygen atoms in total. The number of tetrazole rings is 1. The number of nitrogens with one attached hydrogen (secondary N) is 1. The van der Waals surface area contributed by atoms with Gasteiger partial charge in [0.05, 0.1) is 35.3 Å². The summed E-state index contributed by atoms with van der Waals surface area (Å²) in [5.41, 5.74) is 5.92. The summed E-state index contributed by atoms with van der Waals surface area (Å²) in [7, 11) is 1.70. The summed E-state index contributed by atoms with van der Waals surface area (Å²) in [6.45, 7) is 8.74. The van der Waals surface area contributed by atoms with Crippen LogP contribution in [0.25, 0.3) is 5.57 Å². The molecule has 0 amide bonds. The molecule has 1 aromatic heterocycles. The predicted molar refractivity (Wildman–Crippen MR) is 185 cm³/mol. The Hall–Kier alpha value is -4.02. The Morgan fingerprint density at radius 2 is 1.57 bits per heavy atom. The lowest BCUT2D eigenvalue weighted by molar-refractivity contribution is -0.139. The minimum absolute atomic E-state index is 0.224. The number of halogens is 2. The van der Waals surface area contributed by atoms with E-state index in [0.717, 1.165) is 44.8 Å². The Morgan fingerprint density at radius 1 is 0.915 bits per heavy atom. The van der Waals surface area contributed by atoms with E-state index in [-0.39, 0.29) is 6.04 Å². The van der Waals surface area contributed by atoms with Gasteiger partial charge in [-0.05, 0) is 48.2 Å². The molecule has 1 unspecified atom stereocenters. The molecular formula is C36H39Cl2N7O2. The number of esters is 1. The second kappa shape index (κ2) is 14.8. The van der Waals surface area contributed by atoms with Crippen molar-refractivity contribution in [3.05, 3.63) is 128 Å². The van der Waals surface area contributed by atoms with Gasteiger partial charge in [-0.2, -0.15) is 4.80 Å². The SMILES string of the molecule is CC1=C(C(=O)OCCCN2CCN(C(c3ccccc3)c3ccccc3)CC2)C(c2cccc(Cl)c2Cl)C(c2nnn(C)n2)=C(C)N1. The molecular weight excluding hydrogens is 633 g/mol. The van der Waals surface area contributed by atoms with Crippen LogP contribution in [0.15, 0.2) is 95.8 Å². The van der Waals surface area contributed by atoms with Gasteiger partial charge in [0.1, 0.15) is 0 Å². The van der Waals surface area contributed by atoms with Crippen LogP contribution in [-0.4, -0.2) is 75.3 Å². The maximum atomic E-state index is 13.8. The van der Waals surface area contributed by atoms with E-state index in [4.69, 9.17) is 27.9 Å². The number of rotatable bonds is 10. The smallest absolute Gasteiger partial charge is 0.336 e. The van der Waals surface area contributed by atoms with Crippen LogP contribution in [0, 0.1) is 0 Å². The number of piperazine rings is 1. The van der Waals surface area contributed by atoms with Crippen molar-refractivity contribution in [2.75, 3.05) is 39.3 Å². The van der Waals surface area contributed by atoms with E-state index in [1.165, 1.54) is 15.9 Å². The predicted octanol–water partition coefficient (Wildman–Crippen LogP) is 6.25. The number of carbonyl (C=O) groups is 1. The molecule has 4 aromatic rings. The Kier molecular flexibility index (Phi) is 10.4. The third-order valence-corrected chi connectivity index (χ3v) is 9.71. The number of hydrogen-bond donors (Lipinski definition) is 1. The largest absolute Gasteiger partial charge is 0.462 e. The Bertz CT molecular complexity index is 1730. The summed E-state index contributed by atoms with van der Waals surface area (Å²) >= 11 is 13.2. The zero-order valence-corrected chi connectivity index (χ0v) is 28.4. The van der Waals surface area contributed by atoms with Crippen LogP contribution >= 0.6 is 23.2 Å². The van der Waals surface area contributed by atoms with Crippen molar-refractivity contribution in [1.29, 1.82) is 0 Å². The number of allylic oxidation sites excluding steroid dienone is 3. The lowest BCUT2D eigenvalue weighted by Gasteiger charge is -2.39. The second-order valence-corrected chi connectivity index (χ2v) is 12.8. The van der Waals surface area contributed by atoms with E-state index < -0.39 is 11.9 Å². The molecule has 1 atom stereocenters. The Morgan fingerprint density at radius 3 is 2.19 bits per heavy atom. The first kappa shape index (κ1) is 32.9. The second-order valence-electron chi connectivity index (χ2n) is 12.0. The van der Waals surface area contributed by atoms with Crippen molar-refractivity contribution in [3.8, 4) is 0 Å². The molecule has 0 radical (unpaired) electrons. The van der Waals surface area contributed by atoms with Gasteiger partial charge in [-0.15, -0.1) is 10.2 Å². The number of aryl methyl sites for hydroxylation is 1. The first-order valence-corrected chi connectivity index (χ1v) is 16.7. The fourth-order valence-corrected chi connectivity index (χ4v) is 7.08. The van der Waals surface area contributed by atoms with Gasteiger partial charge < -0.3 is 15.0 Å². The maximum absolute atomic E-state index is 13.8. The highest BCUT2D eigenvalue weighted by Gasteiger charge is 2.38. The number of ether oxygens (including phenoxy) is 1. The summed E-state index contributed by atoms with van der Waals surface area (Å²) in [5.74, 6) is -0.602. The van der Waals surface area contributed by atoms with E-state index in [0.29, 0.717) is 44.9 Å². The fraction of sp³-hybridized carbons (Fsp3) is 0.333. The van der Waals surface area contributed by atoms with E-state index in [1.54, 1.807) is 13.1 Å². The third-order valence-electron chi connectivity index (χ3n) is 8.88. The highest BCUT2D eigenvalue weighted by Crippen LogP contribution is 2.46. The molecule has 47 heavy (non-hydrogen) atoms. The molecule has 3 heterocycles. The summed E-state index contributed by atoms with van der Waals surface area (Å²) in [6.07, 6.45) is 0.725. The van der Waals surface area contributed by atoms with Gasteiger partial charge in [-0.1, -0.05) is 96.0 Å². The molecule has 11 heteroatoms. The van der Waals surface area contributed by atoms with Crippen molar-refractivity contribution in [3.63, 3.8) is 0 Å². The van der Waals surface area contributed by atoms with Gasteiger partial charge >= 0.3 is 5.97 Å². The first-order chi connectivity index (χ1) is 22.8. The first-order valence-electron chi connectivity index (χ1n) is 15.9. The number of dihydropyridines is 1. The molecule has 2 aliphatic heterocycles. The highest BCUT2D eigenvalue weighted by molar-refractivity contribution is 6.42. The number of nitrogens with zero attached hydrogens (tertiary/aromatic N) is 6. The molecule has 1 N–H and O–H groups in total. The molecule has 1 saturated heterocycles. The summed E-state index contributed by atoms with van der Waals surface area (Å²) in [4.78, 5) is 20.2. The lowest BCUT2D eigenvalue weighted by Crippen LogP contribution is -2.48. The molecule has 0 aliphatic carbocycles. The van der Waals surface area contributed by atoms with E-state index in [9.17, 15) is 4.79 Å². The highest BCUT2D eigenvalue weighted by atomic mass is 35.5. The van der Waals surface area contributed by atoms with Gasteiger partial charge in [0.2, 0.25) is 5.82 Å². The molecule has 0 saturated carbocycles. The molecule has 244 valence electrons. The summed E-state index contributed by atoms with van der Waals surface area (Å²) in [6, 6.07) is 27.1. The fourth-order valence-electron chi connectivity index (χ4n) is 6.67. The minimum Gasteiger partial charge on any atom is -0.462 e. The minimum atomic E-state index is -0.589. The van der Waals surface area contributed by atoms with Gasteiger partial charge in [-0.3, -0.25) is 4.90 Å². The molecule has 0 spiro atoms. The quantitative estimate of drug-likeness (QED) is 0.156. The Balaban J connectivity index is 1.10. The molecule has 0 bridgehead atoms. The average Bonchev–Trinajstić information content (AvgIpc) is 3.51. The number of carbonyl (C=O) groups excluding carboxylic acids is 1. The van der Waals surface area contributed by atoms with E-state index >= 15 is 0 Å². The van der Waals surface area contributed by atoms with Crippen molar-refractivity contribution in [1.82, 2.24) is 35.3 Å². The van der Waals surface area contributed by atoms with Crippen LogP contribution in [0.2, 0.25) is 10.0 Å². The van der Waals surface area contributed by atoms with E-state index in [2.05, 4.69) is 91.2 Å². The number of hydrogen-bond acceptors (Lipinski definition) is 8. The van der Waals surface area contributed by atoms with E-state index in [1.807, 2.05) is 26.0 Å². The van der Waals surface area contributed by atoms with Crippen molar-refractivity contribution in [2.45, 2.75) is 32.2 Å². The van der Waals surface area contributed by atoms with Crippen LogP contribution < -0.4 is 5.32 Å². The standard InChI is InChI=1S/C36H39Cl2N7O2/c1-24-30(35-40-42-43(3)41-35)32(28-16-10-17-29(37)33(28)38)31(25(2)39-24)36(46)47-23-11-18-44-19-21-45(22-20-44)34(26-12-6-4-7-13-26)27-14-8-5-9-15-27/h4-10,12-17,32,34,39H,11,18-23H2,1-3H3. The third kappa shape index (κ3) is 7.28. The van der Waals surface area contributed by atoms with Crippen molar-refractivity contribution in [2.24, 2.45) is 7.05 Å². The maximum Gasteiger partial charge on any atom is 0.336 e. The van der Waals surface area contributed by atoms with Gasteiger partial charge in [0, 0.05) is 55.6 Å². The van der Waals surface area contributed by atoms with Crippen LogP contribution in [-0.2, 0) is 16.6 Å². The molecule has 1 fully saturated rings. The van der Waals surface area contributed by atoms with Crippen molar-refractivity contribution >= 4 is 34.7 Å². The summed E-state index contributed by atoms with van der Waals surface area (Å²) < 4.78 is 5.93.